The molecule has 0 radical (unpaired) electrons. The van der Waals surface area contributed by atoms with Gasteiger partial charge in [0.15, 0.2) is 0 Å². The number of nitrogens with one attached hydrogen (secondary N) is 2. The van der Waals surface area contributed by atoms with Crippen LogP contribution >= 0.6 is 0 Å². The van der Waals surface area contributed by atoms with Crippen LogP contribution in [-0.4, -0.2) is 41.3 Å². The van der Waals surface area contributed by atoms with Gasteiger partial charge in [-0.3, -0.25) is 0 Å². The Morgan fingerprint density at radius 2 is 1.74 bits per heavy atom. The highest BCUT2D eigenvalue weighted by atomic mass is 32.2. The highest BCUT2D eigenvalue weighted by Crippen LogP contribution is 2.15. The SMILES string of the molecule is Cc1ccc([C@@H](C[NH+]2CCOCC2)NS(=O)(=O)/C=C/c2ccccc2)cc1. The van der Waals surface area contributed by atoms with Crippen LogP contribution in [0.15, 0.2) is 60.0 Å². The predicted molar refractivity (Wildman–Crippen MR) is 108 cm³/mol. The van der Waals surface area contributed by atoms with Gasteiger partial charge in [-0.05, 0) is 24.1 Å². The van der Waals surface area contributed by atoms with Crippen molar-refractivity contribution in [2.24, 2.45) is 0 Å². The van der Waals surface area contributed by atoms with Crippen molar-refractivity contribution in [3.63, 3.8) is 0 Å². The van der Waals surface area contributed by atoms with Gasteiger partial charge >= 0.3 is 0 Å². The van der Waals surface area contributed by atoms with Gasteiger partial charge in [0.2, 0.25) is 10.0 Å². The summed E-state index contributed by atoms with van der Waals surface area (Å²) >= 11 is 0. The number of quaternary nitrogens is 1. The Hall–Kier alpha value is -1.99. The summed E-state index contributed by atoms with van der Waals surface area (Å²) in [5, 5.41) is 1.25. The summed E-state index contributed by atoms with van der Waals surface area (Å²) < 4.78 is 33.6. The van der Waals surface area contributed by atoms with Crippen LogP contribution in [0, 0.1) is 6.92 Å². The first-order valence-corrected chi connectivity index (χ1v) is 10.8. The monoisotopic (exact) mass is 387 g/mol. The molecule has 1 heterocycles. The molecule has 1 aliphatic rings. The van der Waals surface area contributed by atoms with Gasteiger partial charge in [0, 0.05) is 5.41 Å². The molecule has 1 saturated heterocycles. The third-order valence-electron chi connectivity index (χ3n) is 4.72. The highest BCUT2D eigenvalue weighted by Gasteiger charge is 2.24. The molecule has 2 aromatic rings. The first kappa shape index (κ1) is 19.8. The summed E-state index contributed by atoms with van der Waals surface area (Å²) in [6.45, 7) is 5.95. The molecule has 1 atom stereocenters. The molecule has 5 nitrogen and oxygen atoms in total. The van der Waals surface area contributed by atoms with Gasteiger partial charge in [-0.25, -0.2) is 8.42 Å². The molecule has 1 fully saturated rings. The van der Waals surface area contributed by atoms with E-state index in [1.807, 2.05) is 61.5 Å². The van der Waals surface area contributed by atoms with Crippen LogP contribution in [0.3, 0.4) is 0 Å². The van der Waals surface area contributed by atoms with Gasteiger partial charge in [0.05, 0.1) is 25.8 Å². The smallest absolute Gasteiger partial charge is 0.234 e. The second-order valence-corrected chi connectivity index (χ2v) is 8.50. The second-order valence-electron chi connectivity index (χ2n) is 6.91. The Morgan fingerprint density at radius 1 is 1.07 bits per heavy atom. The average molecular weight is 388 g/mol. The fourth-order valence-electron chi connectivity index (χ4n) is 3.15. The van der Waals surface area contributed by atoms with Crippen LogP contribution in [0.5, 0.6) is 0 Å². The Labute approximate surface area is 161 Å². The lowest BCUT2D eigenvalue weighted by atomic mass is 10.1. The molecule has 0 aliphatic carbocycles. The molecule has 3 rings (SSSR count). The molecule has 1 aliphatic heterocycles. The lowest BCUT2D eigenvalue weighted by Crippen LogP contribution is -3.14. The predicted octanol–water partition coefficient (Wildman–Crippen LogP) is 1.54. The molecule has 2 aromatic carbocycles. The molecule has 6 heteroatoms. The first-order valence-electron chi connectivity index (χ1n) is 9.25. The van der Waals surface area contributed by atoms with E-state index < -0.39 is 10.0 Å². The van der Waals surface area contributed by atoms with Crippen molar-refractivity contribution in [2.45, 2.75) is 13.0 Å². The van der Waals surface area contributed by atoms with Crippen molar-refractivity contribution in [1.82, 2.24) is 4.72 Å². The number of aryl methyl sites for hydroxylation is 1. The Kier molecular flexibility index (Phi) is 6.79. The quantitative estimate of drug-likeness (QED) is 0.758. The Balaban J connectivity index is 1.76. The third-order valence-corrected chi connectivity index (χ3v) is 5.83. The normalized spacial score (nSPS) is 17.2. The molecule has 0 saturated carbocycles. The van der Waals surface area contributed by atoms with E-state index in [1.165, 1.54) is 10.3 Å². The number of hydrogen-bond acceptors (Lipinski definition) is 3. The van der Waals surface area contributed by atoms with Crippen molar-refractivity contribution >= 4 is 16.1 Å². The summed E-state index contributed by atoms with van der Waals surface area (Å²) in [4.78, 5) is 1.35. The van der Waals surface area contributed by atoms with E-state index in [1.54, 1.807) is 6.08 Å². The lowest BCUT2D eigenvalue weighted by Gasteiger charge is -2.28. The Morgan fingerprint density at radius 3 is 2.41 bits per heavy atom. The summed E-state index contributed by atoms with van der Waals surface area (Å²) in [7, 11) is -3.56. The number of hydrogen-bond donors (Lipinski definition) is 2. The fourth-order valence-corrected chi connectivity index (χ4v) is 4.18. The molecule has 144 valence electrons. The van der Waals surface area contributed by atoms with Crippen molar-refractivity contribution in [3.05, 3.63) is 76.7 Å². The van der Waals surface area contributed by atoms with E-state index in [0.29, 0.717) is 6.54 Å². The lowest BCUT2D eigenvalue weighted by molar-refractivity contribution is -0.909. The second kappa shape index (κ2) is 9.28. The van der Waals surface area contributed by atoms with Crippen molar-refractivity contribution in [3.8, 4) is 0 Å². The van der Waals surface area contributed by atoms with Crippen molar-refractivity contribution in [2.75, 3.05) is 32.8 Å². The maximum Gasteiger partial charge on any atom is 0.234 e. The van der Waals surface area contributed by atoms with E-state index in [4.69, 9.17) is 4.74 Å². The van der Waals surface area contributed by atoms with Crippen LogP contribution in [-0.2, 0) is 14.8 Å². The molecule has 2 N–H and O–H groups in total. The van der Waals surface area contributed by atoms with Gasteiger partial charge < -0.3 is 9.64 Å². The van der Waals surface area contributed by atoms with Gasteiger partial charge in [-0.2, -0.15) is 4.72 Å². The van der Waals surface area contributed by atoms with E-state index in [2.05, 4.69) is 4.72 Å². The van der Waals surface area contributed by atoms with E-state index in [9.17, 15) is 8.42 Å². The van der Waals surface area contributed by atoms with Gasteiger partial charge in [-0.1, -0.05) is 60.2 Å². The molecule has 0 amide bonds. The molecular formula is C21H27N2O3S+. The van der Waals surface area contributed by atoms with E-state index in [0.717, 1.165) is 43.0 Å². The molecule has 0 bridgehead atoms. The summed E-state index contributed by atoms with van der Waals surface area (Å²) in [6.07, 6.45) is 1.62. The molecule has 0 spiro atoms. The maximum atomic E-state index is 12.7. The zero-order valence-electron chi connectivity index (χ0n) is 15.6. The number of morpholine rings is 1. The minimum atomic E-state index is -3.56. The average Bonchev–Trinajstić information content (AvgIpc) is 2.68. The fraction of sp³-hybridized carbons (Fsp3) is 0.333. The number of ether oxygens (including phenoxy) is 1. The number of benzene rings is 2. The largest absolute Gasteiger partial charge is 0.370 e. The van der Waals surface area contributed by atoms with Crippen LogP contribution in [0.2, 0.25) is 0 Å². The maximum absolute atomic E-state index is 12.7. The molecule has 0 unspecified atom stereocenters. The van der Waals surface area contributed by atoms with Crippen LogP contribution in [0.25, 0.3) is 6.08 Å². The minimum Gasteiger partial charge on any atom is -0.370 e. The number of sulfonamides is 1. The molecule has 27 heavy (non-hydrogen) atoms. The summed E-state index contributed by atoms with van der Waals surface area (Å²) in [5.74, 6) is 0. The third kappa shape index (κ3) is 6.29. The molecular weight excluding hydrogens is 360 g/mol. The summed E-state index contributed by atoms with van der Waals surface area (Å²) in [6, 6.07) is 17.2. The number of rotatable bonds is 7. The van der Waals surface area contributed by atoms with Gasteiger partial charge in [-0.15, -0.1) is 0 Å². The van der Waals surface area contributed by atoms with Crippen LogP contribution in [0.1, 0.15) is 22.7 Å². The topological polar surface area (TPSA) is 59.8 Å². The van der Waals surface area contributed by atoms with Gasteiger partial charge in [0.25, 0.3) is 0 Å². The Bertz CT molecular complexity index is 843. The zero-order chi connectivity index (χ0) is 19.1. The van der Waals surface area contributed by atoms with E-state index >= 15 is 0 Å². The van der Waals surface area contributed by atoms with Crippen LogP contribution < -0.4 is 9.62 Å². The standard InChI is InChI=1S/C21H26N2O3S/c1-18-7-9-20(10-8-18)21(17-23-12-14-26-15-13-23)22-27(24,25)16-11-19-5-3-2-4-6-19/h2-11,16,21-22H,12-15,17H2,1H3/p+1/b16-11+/t21-/m1/s1. The first-order chi connectivity index (χ1) is 13.0. The van der Waals surface area contributed by atoms with Crippen LogP contribution in [0.4, 0.5) is 0 Å². The van der Waals surface area contributed by atoms with Crippen molar-refractivity contribution < 1.29 is 18.1 Å². The van der Waals surface area contributed by atoms with Crippen molar-refractivity contribution in [1.29, 1.82) is 0 Å². The highest BCUT2D eigenvalue weighted by molar-refractivity contribution is 7.92. The zero-order valence-corrected chi connectivity index (χ0v) is 16.4. The summed E-state index contributed by atoms with van der Waals surface area (Å²) in [5.41, 5.74) is 2.99. The molecule has 0 aromatic heterocycles. The van der Waals surface area contributed by atoms with E-state index in [-0.39, 0.29) is 6.04 Å². The minimum absolute atomic E-state index is 0.274. The van der Waals surface area contributed by atoms with Gasteiger partial charge in [0.1, 0.15) is 13.1 Å².